The van der Waals surface area contributed by atoms with Gasteiger partial charge in [-0.1, -0.05) is 15.9 Å². The Kier molecular flexibility index (Phi) is 4.63. The Bertz CT molecular complexity index is 421. The largest absolute Gasteiger partial charge is 0.418 e. The van der Waals surface area contributed by atoms with E-state index in [1.165, 1.54) is 19.1 Å². The van der Waals surface area contributed by atoms with Gasteiger partial charge < -0.3 is 15.5 Å². The fourth-order valence-corrected chi connectivity index (χ4v) is 1.61. The Morgan fingerprint density at radius 3 is 2.44 bits per heavy atom. The highest BCUT2D eigenvalue weighted by Gasteiger charge is 2.34. The number of aliphatic hydroxyl groups is 2. The number of alkyl halides is 3. The first-order valence-electron chi connectivity index (χ1n) is 5.09. The maximum atomic E-state index is 12.7. The number of rotatable bonds is 4. The normalized spacial score (nSPS) is 15.3. The van der Waals surface area contributed by atoms with Crippen molar-refractivity contribution in [2.75, 3.05) is 18.5 Å². The lowest BCUT2D eigenvalue weighted by Gasteiger charge is -2.23. The van der Waals surface area contributed by atoms with Crippen LogP contribution >= 0.6 is 15.9 Å². The molecule has 3 N–H and O–H groups in total. The number of aliphatic hydroxyl groups excluding tert-OH is 1. The lowest BCUT2D eigenvalue weighted by Crippen LogP contribution is -2.37. The molecule has 1 aromatic rings. The summed E-state index contributed by atoms with van der Waals surface area (Å²) in [4.78, 5) is 0. The van der Waals surface area contributed by atoms with Crippen LogP contribution in [0.2, 0.25) is 0 Å². The van der Waals surface area contributed by atoms with Crippen LogP contribution in [-0.2, 0) is 6.18 Å². The topological polar surface area (TPSA) is 52.5 Å². The molecule has 0 heterocycles. The maximum Gasteiger partial charge on any atom is 0.418 e. The van der Waals surface area contributed by atoms with Crippen molar-refractivity contribution >= 4 is 21.6 Å². The van der Waals surface area contributed by atoms with Gasteiger partial charge in [0.1, 0.15) is 5.60 Å². The number of anilines is 1. The van der Waals surface area contributed by atoms with Gasteiger partial charge in [0.2, 0.25) is 0 Å². The van der Waals surface area contributed by atoms with Gasteiger partial charge in [-0.15, -0.1) is 0 Å². The third-order valence-corrected chi connectivity index (χ3v) is 2.78. The van der Waals surface area contributed by atoms with Crippen LogP contribution in [0.3, 0.4) is 0 Å². The summed E-state index contributed by atoms with van der Waals surface area (Å²) >= 11 is 3.08. The average molecular weight is 328 g/mol. The molecule has 0 aliphatic heterocycles. The number of benzene rings is 1. The predicted octanol–water partition coefficient (Wildman–Crippen LogP) is 2.62. The minimum atomic E-state index is -4.48. The van der Waals surface area contributed by atoms with Crippen molar-refractivity contribution in [3.8, 4) is 0 Å². The molecule has 7 heteroatoms. The molecular weight excluding hydrogens is 315 g/mol. The fourth-order valence-electron chi connectivity index (χ4n) is 1.25. The molecule has 1 atom stereocenters. The minimum absolute atomic E-state index is 0.148. The molecule has 1 aromatic carbocycles. The lowest BCUT2D eigenvalue weighted by molar-refractivity contribution is -0.137. The molecule has 0 saturated heterocycles. The number of halogens is 4. The fraction of sp³-hybridized carbons (Fsp3) is 0.455. The maximum absolute atomic E-state index is 12.7. The Labute approximate surface area is 111 Å². The van der Waals surface area contributed by atoms with E-state index in [1.54, 1.807) is 0 Å². The zero-order chi connectivity index (χ0) is 14.0. The molecule has 102 valence electrons. The van der Waals surface area contributed by atoms with Gasteiger partial charge in [0.05, 0.1) is 12.2 Å². The first kappa shape index (κ1) is 15.3. The zero-order valence-electron chi connectivity index (χ0n) is 9.55. The van der Waals surface area contributed by atoms with Crippen LogP contribution in [0.4, 0.5) is 18.9 Å². The van der Waals surface area contributed by atoms with Crippen molar-refractivity contribution < 1.29 is 23.4 Å². The minimum Gasteiger partial charge on any atom is -0.393 e. The average Bonchev–Trinajstić information content (AvgIpc) is 2.25. The van der Waals surface area contributed by atoms with Crippen LogP contribution in [-0.4, -0.2) is 29.0 Å². The van der Waals surface area contributed by atoms with Gasteiger partial charge in [-0.25, -0.2) is 0 Å². The molecule has 1 rings (SSSR count). The summed E-state index contributed by atoms with van der Waals surface area (Å²) in [6.07, 6.45) is -4.48. The van der Waals surface area contributed by atoms with E-state index in [-0.39, 0.29) is 12.2 Å². The van der Waals surface area contributed by atoms with Crippen LogP contribution in [0.15, 0.2) is 22.7 Å². The van der Waals surface area contributed by atoms with Crippen LogP contribution in [0.25, 0.3) is 0 Å². The van der Waals surface area contributed by atoms with Crippen LogP contribution in [0, 0.1) is 0 Å². The molecule has 0 aliphatic rings. The first-order chi connectivity index (χ1) is 8.15. The van der Waals surface area contributed by atoms with E-state index in [9.17, 15) is 18.3 Å². The van der Waals surface area contributed by atoms with Crippen molar-refractivity contribution in [1.82, 2.24) is 0 Å². The van der Waals surface area contributed by atoms with Gasteiger partial charge in [-0.3, -0.25) is 0 Å². The van der Waals surface area contributed by atoms with Gasteiger partial charge in [-0.2, -0.15) is 13.2 Å². The quantitative estimate of drug-likeness (QED) is 0.796. The van der Waals surface area contributed by atoms with Gasteiger partial charge >= 0.3 is 6.18 Å². The third kappa shape index (κ3) is 4.15. The van der Waals surface area contributed by atoms with Crippen LogP contribution in [0.1, 0.15) is 12.5 Å². The monoisotopic (exact) mass is 327 g/mol. The highest BCUT2D eigenvalue weighted by Crippen LogP contribution is 2.36. The second kappa shape index (κ2) is 5.46. The summed E-state index contributed by atoms with van der Waals surface area (Å²) in [7, 11) is 0. The van der Waals surface area contributed by atoms with Gasteiger partial charge in [0.25, 0.3) is 0 Å². The summed E-state index contributed by atoms with van der Waals surface area (Å²) in [5.74, 6) is 0. The van der Waals surface area contributed by atoms with E-state index in [0.717, 1.165) is 6.07 Å². The zero-order valence-corrected chi connectivity index (χ0v) is 11.1. The summed E-state index contributed by atoms with van der Waals surface area (Å²) in [6, 6.07) is 3.51. The Balaban J connectivity index is 2.97. The molecule has 0 bridgehead atoms. The van der Waals surface area contributed by atoms with Crippen molar-refractivity contribution in [2.24, 2.45) is 0 Å². The van der Waals surface area contributed by atoms with E-state index < -0.39 is 23.9 Å². The third-order valence-electron chi connectivity index (χ3n) is 2.29. The second-order valence-electron chi connectivity index (χ2n) is 4.20. The van der Waals surface area contributed by atoms with Crippen LogP contribution in [0.5, 0.6) is 0 Å². The molecule has 0 radical (unpaired) electrons. The molecule has 18 heavy (non-hydrogen) atoms. The van der Waals surface area contributed by atoms with Gasteiger partial charge in [0, 0.05) is 16.7 Å². The summed E-state index contributed by atoms with van der Waals surface area (Å²) in [6.45, 7) is 0.587. The molecule has 0 fully saturated rings. The van der Waals surface area contributed by atoms with E-state index in [4.69, 9.17) is 5.11 Å². The molecule has 1 unspecified atom stereocenters. The number of hydrogen-bond donors (Lipinski definition) is 3. The molecule has 3 nitrogen and oxygen atoms in total. The molecule has 0 aromatic heterocycles. The predicted molar refractivity (Wildman–Crippen MR) is 65.3 cm³/mol. The van der Waals surface area contributed by atoms with Gasteiger partial charge in [0.15, 0.2) is 0 Å². The Morgan fingerprint density at radius 2 is 1.94 bits per heavy atom. The first-order valence-corrected chi connectivity index (χ1v) is 5.89. The summed E-state index contributed by atoms with van der Waals surface area (Å²) < 4.78 is 38.6. The van der Waals surface area contributed by atoms with E-state index in [1.807, 2.05) is 0 Å². The number of nitrogens with one attached hydrogen (secondary N) is 1. The van der Waals surface area contributed by atoms with Gasteiger partial charge in [-0.05, 0) is 25.1 Å². The molecular formula is C11H13BrF3NO2. The smallest absolute Gasteiger partial charge is 0.393 e. The lowest BCUT2D eigenvalue weighted by atomic mass is 10.1. The Morgan fingerprint density at radius 1 is 1.33 bits per heavy atom. The molecule has 0 aliphatic carbocycles. The van der Waals surface area contributed by atoms with E-state index in [2.05, 4.69) is 21.2 Å². The van der Waals surface area contributed by atoms with Crippen molar-refractivity contribution in [3.63, 3.8) is 0 Å². The molecule has 0 amide bonds. The van der Waals surface area contributed by atoms with E-state index in [0.29, 0.717) is 4.47 Å². The standard InChI is InChI=1S/C11H13BrF3NO2/c1-10(18,6-17)5-16-9-4-7(12)2-3-8(9)11(13,14)15/h2-4,16-18H,5-6H2,1H3. The van der Waals surface area contributed by atoms with Crippen LogP contribution < -0.4 is 5.32 Å². The van der Waals surface area contributed by atoms with Crippen molar-refractivity contribution in [3.05, 3.63) is 28.2 Å². The Hall–Kier alpha value is -0.790. The van der Waals surface area contributed by atoms with Crippen molar-refractivity contribution in [2.45, 2.75) is 18.7 Å². The molecule has 0 saturated carbocycles. The summed E-state index contributed by atoms with van der Waals surface area (Å²) in [5, 5.41) is 20.9. The van der Waals surface area contributed by atoms with Crippen molar-refractivity contribution in [1.29, 1.82) is 0 Å². The highest BCUT2D eigenvalue weighted by atomic mass is 79.9. The van der Waals surface area contributed by atoms with E-state index >= 15 is 0 Å². The SMILES string of the molecule is CC(O)(CO)CNc1cc(Br)ccc1C(F)(F)F. The second-order valence-corrected chi connectivity index (χ2v) is 5.11. The summed E-state index contributed by atoms with van der Waals surface area (Å²) in [5.41, 5.74) is -2.45. The molecule has 0 spiro atoms. The number of hydrogen-bond acceptors (Lipinski definition) is 3. The highest BCUT2D eigenvalue weighted by molar-refractivity contribution is 9.10.